The van der Waals surface area contributed by atoms with Gasteiger partial charge in [0.05, 0.1) is 13.0 Å². The molecule has 0 unspecified atom stereocenters. The molecule has 1 amide bonds. The number of benzene rings is 1. The lowest BCUT2D eigenvalue weighted by Crippen LogP contribution is -2.27. The molecule has 0 aliphatic rings. The van der Waals surface area contributed by atoms with Crippen LogP contribution in [-0.4, -0.2) is 31.6 Å². The van der Waals surface area contributed by atoms with Crippen LogP contribution in [0, 0.1) is 0 Å². The second kappa shape index (κ2) is 6.66. The largest absolute Gasteiger partial charge is 0.384 e. The van der Waals surface area contributed by atoms with Crippen LogP contribution in [0.15, 0.2) is 28.7 Å². The summed E-state index contributed by atoms with van der Waals surface area (Å²) in [5.41, 5.74) is 1.11. The Bertz CT molecular complexity index is 355. The Kier molecular flexibility index (Phi) is 5.49. The number of hydrogen-bond donors (Lipinski definition) is 0. The fraction of sp³-hybridized carbons (Fsp3) is 0.417. The zero-order valence-corrected chi connectivity index (χ0v) is 11.2. The van der Waals surface area contributed by atoms with Crippen molar-refractivity contribution in [3.8, 4) is 0 Å². The van der Waals surface area contributed by atoms with E-state index in [0.717, 1.165) is 10.0 Å². The Morgan fingerprint density at radius 2 is 2.12 bits per heavy atom. The minimum atomic E-state index is 0.0950. The zero-order chi connectivity index (χ0) is 12.0. The van der Waals surface area contributed by atoms with Gasteiger partial charge in [-0.3, -0.25) is 4.79 Å². The van der Waals surface area contributed by atoms with Gasteiger partial charge in [0.1, 0.15) is 0 Å². The summed E-state index contributed by atoms with van der Waals surface area (Å²) in [4.78, 5) is 13.4. The van der Waals surface area contributed by atoms with E-state index in [0.29, 0.717) is 19.6 Å². The van der Waals surface area contributed by atoms with E-state index < -0.39 is 0 Å². The van der Waals surface area contributed by atoms with Crippen LogP contribution in [0.25, 0.3) is 0 Å². The number of hydrogen-bond acceptors (Lipinski definition) is 2. The lowest BCUT2D eigenvalue weighted by molar-refractivity contribution is -0.131. The van der Waals surface area contributed by atoms with Crippen LogP contribution < -0.4 is 0 Å². The standard InChI is InChI=1S/C12H16BrNO2/c1-14(12(15)7-8-16-2)9-10-5-3-4-6-11(10)13/h3-6H,7-9H2,1-2H3. The van der Waals surface area contributed by atoms with Crippen molar-refractivity contribution in [1.82, 2.24) is 4.90 Å². The summed E-state index contributed by atoms with van der Waals surface area (Å²) in [7, 11) is 3.40. The highest BCUT2D eigenvalue weighted by Crippen LogP contribution is 2.17. The van der Waals surface area contributed by atoms with E-state index >= 15 is 0 Å². The molecule has 16 heavy (non-hydrogen) atoms. The van der Waals surface area contributed by atoms with E-state index in [1.54, 1.807) is 19.1 Å². The third-order valence-corrected chi connectivity index (χ3v) is 3.08. The van der Waals surface area contributed by atoms with Gasteiger partial charge in [0.25, 0.3) is 0 Å². The SMILES string of the molecule is COCCC(=O)N(C)Cc1ccccc1Br. The van der Waals surface area contributed by atoms with Crippen LogP contribution in [0.1, 0.15) is 12.0 Å². The zero-order valence-electron chi connectivity index (χ0n) is 9.57. The Labute approximate surface area is 105 Å². The normalized spacial score (nSPS) is 10.2. The Morgan fingerprint density at radius 1 is 1.44 bits per heavy atom. The van der Waals surface area contributed by atoms with Crippen molar-refractivity contribution in [3.63, 3.8) is 0 Å². The Morgan fingerprint density at radius 3 is 2.75 bits per heavy atom. The van der Waals surface area contributed by atoms with Gasteiger partial charge in [0.15, 0.2) is 0 Å². The maximum atomic E-state index is 11.6. The quantitative estimate of drug-likeness (QED) is 0.832. The molecule has 0 heterocycles. The predicted molar refractivity (Wildman–Crippen MR) is 67.1 cm³/mol. The van der Waals surface area contributed by atoms with Gasteiger partial charge in [-0.15, -0.1) is 0 Å². The molecule has 1 aromatic carbocycles. The lowest BCUT2D eigenvalue weighted by atomic mass is 10.2. The topological polar surface area (TPSA) is 29.5 Å². The molecule has 0 saturated heterocycles. The molecule has 0 aliphatic heterocycles. The highest BCUT2D eigenvalue weighted by Gasteiger charge is 2.09. The average molecular weight is 286 g/mol. The first-order chi connectivity index (χ1) is 7.65. The van der Waals surface area contributed by atoms with Crippen molar-refractivity contribution in [2.75, 3.05) is 20.8 Å². The minimum Gasteiger partial charge on any atom is -0.384 e. The molecule has 4 heteroatoms. The number of nitrogens with zero attached hydrogens (tertiary/aromatic N) is 1. The number of carbonyl (C=O) groups excluding carboxylic acids is 1. The van der Waals surface area contributed by atoms with E-state index in [4.69, 9.17) is 4.74 Å². The molecule has 0 N–H and O–H groups in total. The van der Waals surface area contributed by atoms with Crippen molar-refractivity contribution < 1.29 is 9.53 Å². The first-order valence-electron chi connectivity index (χ1n) is 5.11. The molecule has 3 nitrogen and oxygen atoms in total. The number of methoxy groups -OCH3 is 1. The van der Waals surface area contributed by atoms with Gasteiger partial charge in [-0.05, 0) is 11.6 Å². The molecule has 0 spiro atoms. The van der Waals surface area contributed by atoms with Crippen LogP contribution in [-0.2, 0) is 16.1 Å². The van der Waals surface area contributed by atoms with Crippen molar-refractivity contribution in [3.05, 3.63) is 34.3 Å². The Balaban J connectivity index is 2.54. The molecule has 0 fully saturated rings. The molecule has 1 aromatic rings. The first-order valence-corrected chi connectivity index (χ1v) is 5.90. The van der Waals surface area contributed by atoms with Crippen LogP contribution >= 0.6 is 15.9 Å². The molecule has 0 bridgehead atoms. The van der Waals surface area contributed by atoms with Gasteiger partial charge in [-0.25, -0.2) is 0 Å². The Hall–Kier alpha value is -0.870. The monoisotopic (exact) mass is 285 g/mol. The molecule has 0 aromatic heterocycles. The fourth-order valence-corrected chi connectivity index (χ4v) is 1.76. The fourth-order valence-electron chi connectivity index (χ4n) is 1.35. The van der Waals surface area contributed by atoms with Gasteiger partial charge in [0, 0.05) is 25.2 Å². The number of rotatable bonds is 5. The van der Waals surface area contributed by atoms with Gasteiger partial charge in [0.2, 0.25) is 5.91 Å². The number of ether oxygens (including phenoxy) is 1. The lowest BCUT2D eigenvalue weighted by Gasteiger charge is -2.17. The molecule has 0 radical (unpaired) electrons. The number of carbonyl (C=O) groups is 1. The summed E-state index contributed by atoms with van der Waals surface area (Å²) in [5.74, 6) is 0.0950. The van der Waals surface area contributed by atoms with Gasteiger partial charge in [-0.2, -0.15) is 0 Å². The van der Waals surface area contributed by atoms with E-state index in [1.807, 2.05) is 24.3 Å². The van der Waals surface area contributed by atoms with E-state index in [-0.39, 0.29) is 5.91 Å². The van der Waals surface area contributed by atoms with E-state index in [2.05, 4.69) is 15.9 Å². The summed E-state index contributed by atoms with van der Waals surface area (Å²) in [6.45, 7) is 1.09. The molecule has 0 aliphatic carbocycles. The summed E-state index contributed by atoms with van der Waals surface area (Å²) < 4.78 is 5.91. The second-order valence-corrected chi connectivity index (χ2v) is 4.44. The molecule has 0 atom stereocenters. The van der Waals surface area contributed by atoms with Crippen molar-refractivity contribution >= 4 is 21.8 Å². The van der Waals surface area contributed by atoms with Gasteiger partial charge >= 0.3 is 0 Å². The highest BCUT2D eigenvalue weighted by molar-refractivity contribution is 9.10. The summed E-state index contributed by atoms with van der Waals surface area (Å²) in [5, 5.41) is 0. The molecule has 88 valence electrons. The van der Waals surface area contributed by atoms with E-state index in [1.165, 1.54) is 0 Å². The van der Waals surface area contributed by atoms with Crippen LogP contribution in [0.2, 0.25) is 0 Å². The summed E-state index contributed by atoms with van der Waals surface area (Å²) in [6.07, 6.45) is 0.428. The summed E-state index contributed by atoms with van der Waals surface area (Å²) >= 11 is 3.46. The molecular formula is C12H16BrNO2. The van der Waals surface area contributed by atoms with Crippen molar-refractivity contribution in [2.45, 2.75) is 13.0 Å². The van der Waals surface area contributed by atoms with E-state index in [9.17, 15) is 4.79 Å². The molecule has 0 saturated carbocycles. The smallest absolute Gasteiger partial charge is 0.224 e. The van der Waals surface area contributed by atoms with Crippen LogP contribution in [0.5, 0.6) is 0 Å². The second-order valence-electron chi connectivity index (χ2n) is 3.58. The summed E-state index contributed by atoms with van der Waals surface area (Å²) in [6, 6.07) is 7.90. The maximum Gasteiger partial charge on any atom is 0.224 e. The predicted octanol–water partition coefficient (Wildman–Crippen LogP) is 2.44. The third kappa shape index (κ3) is 3.94. The third-order valence-electron chi connectivity index (χ3n) is 2.31. The van der Waals surface area contributed by atoms with Crippen LogP contribution in [0.3, 0.4) is 0 Å². The maximum absolute atomic E-state index is 11.6. The molecule has 1 rings (SSSR count). The number of amides is 1. The van der Waals surface area contributed by atoms with Crippen molar-refractivity contribution in [1.29, 1.82) is 0 Å². The van der Waals surface area contributed by atoms with Crippen molar-refractivity contribution in [2.24, 2.45) is 0 Å². The van der Waals surface area contributed by atoms with Crippen LogP contribution in [0.4, 0.5) is 0 Å². The number of halogens is 1. The molecular weight excluding hydrogens is 270 g/mol. The average Bonchev–Trinajstić information content (AvgIpc) is 2.28. The van der Waals surface area contributed by atoms with Gasteiger partial charge in [-0.1, -0.05) is 34.1 Å². The minimum absolute atomic E-state index is 0.0950. The highest BCUT2D eigenvalue weighted by atomic mass is 79.9. The van der Waals surface area contributed by atoms with Gasteiger partial charge < -0.3 is 9.64 Å². The first kappa shape index (κ1) is 13.2.